The number of nitrogens with two attached hydrogens (primary N) is 1. The maximum atomic E-state index is 6.03. The highest BCUT2D eigenvalue weighted by molar-refractivity contribution is 7.98. The number of benzene rings is 1. The zero-order chi connectivity index (χ0) is 14.7. The van der Waals surface area contributed by atoms with Crippen molar-refractivity contribution in [3.63, 3.8) is 0 Å². The van der Waals surface area contributed by atoms with Crippen LogP contribution in [-0.4, -0.2) is 16.2 Å². The molecule has 4 nitrogen and oxygen atoms in total. The first-order valence-corrected chi connectivity index (χ1v) is 7.72. The van der Waals surface area contributed by atoms with Gasteiger partial charge in [0, 0.05) is 23.5 Å². The normalized spacial score (nSPS) is 10.6. The molecule has 106 valence electrons. The van der Waals surface area contributed by atoms with Gasteiger partial charge in [-0.15, -0.1) is 0 Å². The highest BCUT2D eigenvalue weighted by Gasteiger charge is 2.10. The molecule has 1 aromatic heterocycles. The zero-order valence-electron chi connectivity index (χ0n) is 12.3. The number of hydrogen-bond donors (Lipinski definition) is 2. The van der Waals surface area contributed by atoms with E-state index in [1.54, 1.807) is 0 Å². The van der Waals surface area contributed by atoms with E-state index in [0.29, 0.717) is 12.4 Å². The highest BCUT2D eigenvalue weighted by Crippen LogP contribution is 2.23. The van der Waals surface area contributed by atoms with Crippen LogP contribution in [0.3, 0.4) is 0 Å². The van der Waals surface area contributed by atoms with Crippen molar-refractivity contribution in [1.29, 1.82) is 0 Å². The quantitative estimate of drug-likeness (QED) is 0.667. The number of para-hydroxylation sites is 1. The van der Waals surface area contributed by atoms with Crippen LogP contribution in [0.5, 0.6) is 0 Å². The molecule has 3 N–H and O–H groups in total. The van der Waals surface area contributed by atoms with Crippen molar-refractivity contribution in [2.45, 2.75) is 32.5 Å². The Bertz CT molecular complexity index is 582. The summed E-state index contributed by atoms with van der Waals surface area (Å²) in [6, 6.07) is 6.25. The number of rotatable bonds is 4. The highest BCUT2D eigenvalue weighted by atomic mass is 32.2. The first kappa shape index (κ1) is 14.7. The van der Waals surface area contributed by atoms with Crippen LogP contribution >= 0.6 is 11.8 Å². The molecule has 0 saturated heterocycles. The third-order valence-electron chi connectivity index (χ3n) is 3.33. The van der Waals surface area contributed by atoms with Crippen molar-refractivity contribution in [1.82, 2.24) is 9.97 Å². The Kier molecular flexibility index (Phi) is 4.49. The molecule has 0 atom stereocenters. The molecule has 0 aliphatic heterocycles. The lowest BCUT2D eigenvalue weighted by molar-refractivity contribution is 0.902. The van der Waals surface area contributed by atoms with E-state index in [2.05, 4.69) is 47.3 Å². The summed E-state index contributed by atoms with van der Waals surface area (Å²) in [5.74, 6) is 0.556. The average molecular weight is 288 g/mol. The fourth-order valence-corrected chi connectivity index (χ4v) is 2.59. The van der Waals surface area contributed by atoms with Gasteiger partial charge in [-0.25, -0.2) is 9.97 Å². The fraction of sp³-hybridized carbons (Fsp3) is 0.333. The molecule has 0 aliphatic carbocycles. The summed E-state index contributed by atoms with van der Waals surface area (Å²) in [4.78, 5) is 8.74. The molecule has 0 unspecified atom stereocenters. The van der Waals surface area contributed by atoms with Crippen molar-refractivity contribution < 1.29 is 0 Å². The molecular formula is C15H20N4S. The minimum Gasteiger partial charge on any atom is -0.383 e. The monoisotopic (exact) mass is 288 g/mol. The second kappa shape index (κ2) is 6.13. The van der Waals surface area contributed by atoms with Crippen molar-refractivity contribution in [2.75, 3.05) is 17.3 Å². The van der Waals surface area contributed by atoms with Gasteiger partial charge >= 0.3 is 0 Å². The van der Waals surface area contributed by atoms with Crippen molar-refractivity contribution in [3.05, 3.63) is 40.6 Å². The zero-order valence-corrected chi connectivity index (χ0v) is 13.1. The largest absolute Gasteiger partial charge is 0.383 e. The number of nitrogen functional groups attached to an aromatic ring is 1. The second-order valence-corrected chi connectivity index (χ2v) is 5.55. The van der Waals surface area contributed by atoms with Gasteiger partial charge in [0.15, 0.2) is 5.16 Å². The lowest BCUT2D eigenvalue weighted by Gasteiger charge is -2.15. The Morgan fingerprint density at radius 1 is 1.15 bits per heavy atom. The van der Waals surface area contributed by atoms with Crippen LogP contribution in [0.4, 0.5) is 11.5 Å². The van der Waals surface area contributed by atoms with Gasteiger partial charge in [-0.1, -0.05) is 30.0 Å². The summed E-state index contributed by atoms with van der Waals surface area (Å²) in [5, 5.41) is 4.17. The van der Waals surface area contributed by atoms with Crippen LogP contribution in [0.25, 0.3) is 0 Å². The molecule has 0 spiro atoms. The molecule has 2 aromatic rings. The van der Waals surface area contributed by atoms with E-state index < -0.39 is 0 Å². The van der Waals surface area contributed by atoms with E-state index >= 15 is 0 Å². The van der Waals surface area contributed by atoms with Crippen LogP contribution in [-0.2, 0) is 6.54 Å². The maximum Gasteiger partial charge on any atom is 0.189 e. The fourth-order valence-electron chi connectivity index (χ4n) is 2.17. The van der Waals surface area contributed by atoms with E-state index in [1.807, 2.05) is 13.2 Å². The van der Waals surface area contributed by atoms with Gasteiger partial charge in [0.25, 0.3) is 0 Å². The van der Waals surface area contributed by atoms with E-state index in [9.17, 15) is 0 Å². The van der Waals surface area contributed by atoms with Crippen molar-refractivity contribution >= 4 is 23.3 Å². The lowest BCUT2D eigenvalue weighted by atomic mass is 10.1. The predicted octanol–water partition coefficient (Wildman–Crippen LogP) is 3.32. The summed E-state index contributed by atoms with van der Waals surface area (Å²) in [6.07, 6.45) is 1.95. The second-order valence-electron chi connectivity index (χ2n) is 4.78. The topological polar surface area (TPSA) is 63.8 Å². The number of nitrogens with zero attached hydrogens (tertiary/aromatic N) is 2. The van der Waals surface area contributed by atoms with Crippen LogP contribution in [0, 0.1) is 20.8 Å². The summed E-state index contributed by atoms with van der Waals surface area (Å²) >= 11 is 1.50. The molecule has 0 bridgehead atoms. The Morgan fingerprint density at radius 2 is 1.80 bits per heavy atom. The van der Waals surface area contributed by atoms with Crippen molar-refractivity contribution in [3.8, 4) is 0 Å². The summed E-state index contributed by atoms with van der Waals surface area (Å²) in [6.45, 7) is 6.80. The average Bonchev–Trinajstić information content (AvgIpc) is 2.40. The van der Waals surface area contributed by atoms with E-state index in [-0.39, 0.29) is 0 Å². The third-order valence-corrected chi connectivity index (χ3v) is 3.88. The Labute approximate surface area is 124 Å². The third kappa shape index (κ3) is 3.04. The van der Waals surface area contributed by atoms with Gasteiger partial charge in [0.1, 0.15) is 5.82 Å². The van der Waals surface area contributed by atoms with Crippen LogP contribution in [0.15, 0.2) is 23.4 Å². The van der Waals surface area contributed by atoms with Crippen molar-refractivity contribution in [2.24, 2.45) is 0 Å². The summed E-state index contributed by atoms with van der Waals surface area (Å²) in [5.41, 5.74) is 11.5. The van der Waals surface area contributed by atoms with E-state index in [4.69, 9.17) is 5.73 Å². The molecule has 5 heteroatoms. The van der Waals surface area contributed by atoms with Gasteiger partial charge in [-0.2, -0.15) is 0 Å². The first-order chi connectivity index (χ1) is 9.52. The standard InChI is InChI=1S/C15H20N4S/c1-9-6-5-7-10(2)13(9)17-8-12-11(3)18-15(20-4)19-14(12)16/h5-7,17H,8H2,1-4H3,(H2,16,18,19). The molecule has 1 heterocycles. The molecule has 20 heavy (non-hydrogen) atoms. The Balaban J connectivity index is 2.23. The number of thioether (sulfide) groups is 1. The predicted molar refractivity (Wildman–Crippen MR) is 86.2 cm³/mol. The summed E-state index contributed by atoms with van der Waals surface area (Å²) < 4.78 is 0. The van der Waals surface area contributed by atoms with Crippen LogP contribution < -0.4 is 11.1 Å². The lowest BCUT2D eigenvalue weighted by Crippen LogP contribution is -2.10. The van der Waals surface area contributed by atoms with Gasteiger partial charge < -0.3 is 11.1 Å². The van der Waals surface area contributed by atoms with E-state index in [0.717, 1.165) is 22.1 Å². The van der Waals surface area contributed by atoms with E-state index in [1.165, 1.54) is 22.9 Å². The number of aryl methyl sites for hydroxylation is 3. The molecule has 1 aromatic carbocycles. The van der Waals surface area contributed by atoms with Crippen LogP contribution in [0.2, 0.25) is 0 Å². The Hall–Kier alpha value is -1.75. The van der Waals surface area contributed by atoms with Gasteiger partial charge in [-0.05, 0) is 38.2 Å². The minimum atomic E-state index is 0.556. The first-order valence-electron chi connectivity index (χ1n) is 6.50. The summed E-state index contributed by atoms with van der Waals surface area (Å²) in [7, 11) is 0. The molecule has 0 saturated carbocycles. The molecule has 0 amide bonds. The number of nitrogens with one attached hydrogen (secondary N) is 1. The smallest absolute Gasteiger partial charge is 0.189 e. The molecule has 0 aliphatic rings. The molecular weight excluding hydrogens is 268 g/mol. The number of aromatic nitrogens is 2. The maximum absolute atomic E-state index is 6.03. The Morgan fingerprint density at radius 3 is 2.35 bits per heavy atom. The number of anilines is 2. The molecule has 2 rings (SSSR count). The van der Waals surface area contributed by atoms with Gasteiger partial charge in [0.05, 0.1) is 0 Å². The van der Waals surface area contributed by atoms with Gasteiger partial charge in [-0.3, -0.25) is 0 Å². The van der Waals surface area contributed by atoms with Crippen LogP contribution in [0.1, 0.15) is 22.4 Å². The molecule has 0 fully saturated rings. The SMILES string of the molecule is CSc1nc(C)c(CNc2c(C)cccc2C)c(N)n1. The van der Waals surface area contributed by atoms with Gasteiger partial charge in [0.2, 0.25) is 0 Å². The minimum absolute atomic E-state index is 0.556. The molecule has 0 radical (unpaired) electrons. The number of hydrogen-bond acceptors (Lipinski definition) is 5.